The van der Waals surface area contributed by atoms with Crippen molar-refractivity contribution >= 4 is 39.9 Å². The van der Waals surface area contributed by atoms with Gasteiger partial charge in [-0.2, -0.15) is 0 Å². The number of anilines is 2. The molecule has 0 saturated carbocycles. The first-order chi connectivity index (χ1) is 8.81. The Kier molecular flexibility index (Phi) is 5.84. The second-order valence-corrected chi connectivity index (χ2v) is 6.04. The third-order valence-corrected chi connectivity index (χ3v) is 3.40. The van der Waals surface area contributed by atoms with Gasteiger partial charge in [-0.3, -0.25) is 4.79 Å². The highest BCUT2D eigenvalue weighted by molar-refractivity contribution is 14.1. The highest BCUT2D eigenvalue weighted by Crippen LogP contribution is 2.26. The summed E-state index contributed by atoms with van der Waals surface area (Å²) >= 11 is 1.88. The fourth-order valence-electron chi connectivity index (χ4n) is 1.56. The monoisotopic (exact) mass is 379 g/mol. The Balaban J connectivity index is 2.70. The van der Waals surface area contributed by atoms with Crippen LogP contribution in [0, 0.1) is 15.3 Å². The minimum atomic E-state index is -0.334. The normalized spacial score (nSPS) is 10.6. The minimum absolute atomic E-state index is 0.102. The van der Waals surface area contributed by atoms with Crippen molar-refractivity contribution in [2.24, 2.45) is 5.92 Å². The lowest BCUT2D eigenvalue weighted by Crippen LogP contribution is -2.37. The van der Waals surface area contributed by atoms with E-state index < -0.39 is 0 Å². The molecule has 3 N–H and O–H groups in total. The Labute approximate surface area is 126 Å². The number of halogens is 2. The first-order valence-corrected chi connectivity index (χ1v) is 7.11. The van der Waals surface area contributed by atoms with E-state index in [1.807, 2.05) is 36.4 Å². The molecule has 1 aromatic rings. The first-order valence-electron chi connectivity index (χ1n) is 6.03. The summed E-state index contributed by atoms with van der Waals surface area (Å²) in [6, 6.07) is 2.92. The fourth-order valence-corrected chi connectivity index (χ4v) is 2.05. The van der Waals surface area contributed by atoms with Crippen molar-refractivity contribution in [3.8, 4) is 0 Å². The fraction of sp³-hybridized carbons (Fsp3) is 0.462. The maximum Gasteiger partial charge on any atom is 0.239 e. The summed E-state index contributed by atoms with van der Waals surface area (Å²) in [5.74, 6) is -0.0381. The summed E-state index contributed by atoms with van der Waals surface area (Å²) in [4.78, 5) is 13.3. The van der Waals surface area contributed by atoms with Crippen LogP contribution in [-0.2, 0) is 4.79 Å². The first kappa shape index (κ1) is 16.0. The van der Waals surface area contributed by atoms with Gasteiger partial charge < -0.3 is 16.0 Å². The van der Waals surface area contributed by atoms with E-state index in [1.54, 1.807) is 18.0 Å². The molecule has 0 heterocycles. The number of hydrogen-bond donors (Lipinski definition) is 2. The average Bonchev–Trinajstić information content (AvgIpc) is 2.31. The van der Waals surface area contributed by atoms with E-state index in [-0.39, 0.29) is 18.3 Å². The molecule has 19 heavy (non-hydrogen) atoms. The van der Waals surface area contributed by atoms with Crippen LogP contribution in [0.4, 0.5) is 15.8 Å². The van der Waals surface area contributed by atoms with Crippen LogP contribution in [0.3, 0.4) is 0 Å². The van der Waals surface area contributed by atoms with Crippen molar-refractivity contribution in [2.75, 3.05) is 30.8 Å². The highest BCUT2D eigenvalue weighted by atomic mass is 127. The summed E-state index contributed by atoms with van der Waals surface area (Å²) in [5.41, 5.74) is 6.83. The predicted octanol–water partition coefficient (Wildman–Crippen LogP) is 2.22. The van der Waals surface area contributed by atoms with Crippen LogP contribution in [0.2, 0.25) is 0 Å². The number of likely N-dealkylation sites (N-methyl/N-ethyl adjacent to an activating group) is 1. The molecule has 0 unspecified atom stereocenters. The lowest BCUT2D eigenvalue weighted by Gasteiger charge is -2.21. The van der Waals surface area contributed by atoms with E-state index in [0.717, 1.165) is 0 Å². The van der Waals surface area contributed by atoms with E-state index in [9.17, 15) is 9.18 Å². The van der Waals surface area contributed by atoms with Crippen LogP contribution >= 0.6 is 22.6 Å². The molecule has 0 atom stereocenters. The van der Waals surface area contributed by atoms with Crippen molar-refractivity contribution in [3.05, 3.63) is 21.5 Å². The molecule has 1 amide bonds. The largest absolute Gasteiger partial charge is 0.397 e. The maximum absolute atomic E-state index is 13.5. The van der Waals surface area contributed by atoms with Crippen molar-refractivity contribution in [2.45, 2.75) is 13.8 Å². The topological polar surface area (TPSA) is 58.4 Å². The van der Waals surface area contributed by atoms with Gasteiger partial charge in [0.25, 0.3) is 0 Å². The predicted molar refractivity (Wildman–Crippen MR) is 84.6 cm³/mol. The van der Waals surface area contributed by atoms with Crippen LogP contribution < -0.4 is 16.0 Å². The molecule has 1 aromatic carbocycles. The van der Waals surface area contributed by atoms with Crippen LogP contribution in [0.15, 0.2) is 12.1 Å². The second kappa shape index (κ2) is 6.93. The van der Waals surface area contributed by atoms with Gasteiger partial charge in [0, 0.05) is 19.7 Å². The third kappa shape index (κ3) is 4.85. The average molecular weight is 379 g/mol. The van der Waals surface area contributed by atoms with Gasteiger partial charge >= 0.3 is 0 Å². The van der Waals surface area contributed by atoms with E-state index >= 15 is 0 Å². The number of nitrogens with one attached hydrogen (secondary N) is 1. The van der Waals surface area contributed by atoms with E-state index in [0.29, 0.717) is 27.4 Å². The number of hydrogen-bond acceptors (Lipinski definition) is 3. The smallest absolute Gasteiger partial charge is 0.239 e. The summed E-state index contributed by atoms with van der Waals surface area (Å²) in [5, 5.41) is 2.81. The Morgan fingerprint density at radius 1 is 1.53 bits per heavy atom. The zero-order chi connectivity index (χ0) is 14.6. The van der Waals surface area contributed by atoms with Crippen LogP contribution in [-0.4, -0.2) is 26.0 Å². The van der Waals surface area contributed by atoms with Crippen LogP contribution in [0.25, 0.3) is 0 Å². The second-order valence-electron chi connectivity index (χ2n) is 4.88. The molecule has 0 spiro atoms. The van der Waals surface area contributed by atoms with E-state index in [2.05, 4.69) is 5.32 Å². The molecular formula is C13H19FIN3O. The number of amides is 1. The molecule has 0 fully saturated rings. The molecule has 0 radical (unpaired) electrons. The molecule has 0 aromatic heterocycles. The molecule has 0 aliphatic rings. The molecular weight excluding hydrogens is 360 g/mol. The number of nitrogens with two attached hydrogens (primary N) is 1. The van der Waals surface area contributed by atoms with Crippen molar-refractivity contribution in [1.82, 2.24) is 5.32 Å². The lowest BCUT2D eigenvalue weighted by atomic mass is 10.2. The van der Waals surface area contributed by atoms with Crippen LogP contribution in [0.1, 0.15) is 13.8 Å². The van der Waals surface area contributed by atoms with Crippen molar-refractivity contribution < 1.29 is 9.18 Å². The van der Waals surface area contributed by atoms with Gasteiger partial charge in [0.2, 0.25) is 5.91 Å². The maximum atomic E-state index is 13.5. The number of nitrogen functional groups attached to an aromatic ring is 1. The molecule has 6 heteroatoms. The standard InChI is InChI=1S/C13H19FIN3O/c1-8(2)6-17-13(19)7-18(3)12-4-9(14)10(15)5-11(12)16/h4-5,8H,6-7,16H2,1-3H3,(H,17,19). The van der Waals surface area contributed by atoms with Gasteiger partial charge in [0.1, 0.15) is 5.82 Å². The van der Waals surface area contributed by atoms with Crippen molar-refractivity contribution in [1.29, 1.82) is 0 Å². The molecule has 106 valence electrons. The zero-order valence-electron chi connectivity index (χ0n) is 11.3. The molecule has 0 bridgehead atoms. The summed E-state index contributed by atoms with van der Waals surface area (Å²) in [6.07, 6.45) is 0. The quantitative estimate of drug-likeness (QED) is 0.610. The summed E-state index contributed by atoms with van der Waals surface area (Å²) < 4.78 is 14.0. The van der Waals surface area contributed by atoms with Gasteiger partial charge in [-0.25, -0.2) is 4.39 Å². The van der Waals surface area contributed by atoms with E-state index in [1.165, 1.54) is 6.07 Å². The van der Waals surface area contributed by atoms with Crippen molar-refractivity contribution in [3.63, 3.8) is 0 Å². The summed E-state index contributed by atoms with van der Waals surface area (Å²) in [6.45, 7) is 4.83. The number of benzene rings is 1. The number of nitrogens with zero attached hydrogens (tertiary/aromatic N) is 1. The SMILES string of the molecule is CC(C)CNC(=O)CN(C)c1cc(F)c(I)cc1N. The lowest BCUT2D eigenvalue weighted by molar-refractivity contribution is -0.119. The van der Waals surface area contributed by atoms with Gasteiger partial charge in [-0.15, -0.1) is 0 Å². The Bertz CT molecular complexity index is 465. The highest BCUT2D eigenvalue weighted by Gasteiger charge is 2.13. The van der Waals surface area contributed by atoms with Gasteiger partial charge in [0.15, 0.2) is 0 Å². The Morgan fingerprint density at radius 2 is 2.16 bits per heavy atom. The van der Waals surface area contributed by atoms with E-state index in [4.69, 9.17) is 5.73 Å². The molecule has 0 aliphatic heterocycles. The minimum Gasteiger partial charge on any atom is -0.397 e. The number of carbonyl (C=O) groups is 1. The molecule has 4 nitrogen and oxygen atoms in total. The molecule has 0 aliphatic carbocycles. The zero-order valence-corrected chi connectivity index (χ0v) is 13.5. The summed E-state index contributed by atoms with van der Waals surface area (Å²) in [7, 11) is 1.72. The third-order valence-electron chi connectivity index (χ3n) is 2.57. The number of rotatable bonds is 5. The molecule has 1 rings (SSSR count). The molecule has 0 saturated heterocycles. The van der Waals surface area contributed by atoms with Gasteiger partial charge in [-0.05, 0) is 34.6 Å². The van der Waals surface area contributed by atoms with Crippen LogP contribution in [0.5, 0.6) is 0 Å². The Hall–Kier alpha value is -1.05. The Morgan fingerprint density at radius 3 is 2.74 bits per heavy atom. The van der Waals surface area contributed by atoms with Gasteiger partial charge in [0.05, 0.1) is 21.5 Å². The van der Waals surface area contributed by atoms with Gasteiger partial charge in [-0.1, -0.05) is 13.8 Å². The number of carbonyl (C=O) groups excluding carboxylic acids is 1.